The summed E-state index contributed by atoms with van der Waals surface area (Å²) in [5.41, 5.74) is 0.370. The fraction of sp³-hybridized carbons (Fsp3) is 0.667. The predicted octanol–water partition coefficient (Wildman–Crippen LogP) is 2.80. The molecule has 1 aromatic heterocycles. The molecule has 9 heteroatoms. The Labute approximate surface area is 138 Å². The standard InChI is InChI=1S/C15H21F3N4O2/c16-15(17,18)10-24-14-19-7-6-12(22-14)9-21-13(23)20-8-11-4-2-1-3-5-11/h6-7,11H,1-5,8-10H2,(H2,20,21,23). The lowest BCUT2D eigenvalue weighted by Gasteiger charge is -2.21. The molecule has 0 radical (unpaired) electrons. The summed E-state index contributed by atoms with van der Waals surface area (Å²) in [5, 5.41) is 5.43. The summed E-state index contributed by atoms with van der Waals surface area (Å²) in [5.74, 6) is 0.519. The SMILES string of the molecule is O=C(NCc1ccnc(OCC(F)(F)F)n1)NCC1CCCCC1. The first kappa shape index (κ1) is 18.3. The van der Waals surface area contributed by atoms with Crippen molar-refractivity contribution < 1.29 is 22.7 Å². The van der Waals surface area contributed by atoms with Crippen LogP contribution in [0.1, 0.15) is 37.8 Å². The van der Waals surface area contributed by atoms with Crippen molar-refractivity contribution in [3.63, 3.8) is 0 Å². The molecule has 0 bridgehead atoms. The molecule has 2 N–H and O–H groups in total. The molecule has 2 rings (SSSR count). The number of carbonyl (C=O) groups is 1. The summed E-state index contributed by atoms with van der Waals surface area (Å²) in [6.07, 6.45) is 2.77. The summed E-state index contributed by atoms with van der Waals surface area (Å²) in [6, 6.07) is 0.813. The van der Waals surface area contributed by atoms with Crippen LogP contribution in [0.25, 0.3) is 0 Å². The van der Waals surface area contributed by atoms with Crippen LogP contribution in [0.5, 0.6) is 6.01 Å². The minimum absolute atomic E-state index is 0.0847. The zero-order valence-corrected chi connectivity index (χ0v) is 13.2. The molecule has 2 amide bonds. The zero-order valence-electron chi connectivity index (χ0n) is 13.2. The highest BCUT2D eigenvalue weighted by Gasteiger charge is 2.29. The number of amides is 2. The van der Waals surface area contributed by atoms with Crippen molar-refractivity contribution in [1.82, 2.24) is 20.6 Å². The third-order valence-electron chi connectivity index (χ3n) is 3.76. The molecular formula is C15H21F3N4O2. The molecule has 1 fully saturated rings. The van der Waals surface area contributed by atoms with E-state index in [1.54, 1.807) is 0 Å². The highest BCUT2D eigenvalue weighted by molar-refractivity contribution is 5.73. The van der Waals surface area contributed by atoms with E-state index in [9.17, 15) is 18.0 Å². The topological polar surface area (TPSA) is 76.1 Å². The van der Waals surface area contributed by atoms with Crippen molar-refractivity contribution in [1.29, 1.82) is 0 Å². The van der Waals surface area contributed by atoms with Gasteiger partial charge >= 0.3 is 18.2 Å². The van der Waals surface area contributed by atoms with Crippen molar-refractivity contribution in [2.45, 2.75) is 44.8 Å². The molecule has 24 heavy (non-hydrogen) atoms. The van der Waals surface area contributed by atoms with Gasteiger partial charge in [0, 0.05) is 12.7 Å². The van der Waals surface area contributed by atoms with E-state index in [4.69, 9.17) is 0 Å². The number of aromatic nitrogens is 2. The Hall–Kier alpha value is -2.06. The van der Waals surface area contributed by atoms with Gasteiger partial charge < -0.3 is 15.4 Å². The molecule has 1 saturated carbocycles. The van der Waals surface area contributed by atoms with Crippen molar-refractivity contribution >= 4 is 6.03 Å². The van der Waals surface area contributed by atoms with Gasteiger partial charge in [-0.05, 0) is 24.8 Å². The van der Waals surface area contributed by atoms with E-state index in [-0.39, 0.29) is 18.6 Å². The smallest absolute Gasteiger partial charge is 0.422 e. The van der Waals surface area contributed by atoms with Gasteiger partial charge in [-0.1, -0.05) is 19.3 Å². The third kappa shape index (κ3) is 7.01. The van der Waals surface area contributed by atoms with Gasteiger partial charge in [0.25, 0.3) is 0 Å². The first-order valence-electron chi connectivity index (χ1n) is 7.95. The molecular weight excluding hydrogens is 325 g/mol. The molecule has 134 valence electrons. The maximum absolute atomic E-state index is 12.1. The lowest BCUT2D eigenvalue weighted by Crippen LogP contribution is -2.38. The number of halogens is 3. The molecule has 0 atom stereocenters. The number of hydrogen-bond acceptors (Lipinski definition) is 4. The first-order valence-corrected chi connectivity index (χ1v) is 7.95. The Bertz CT molecular complexity index is 534. The fourth-order valence-corrected chi connectivity index (χ4v) is 2.55. The normalized spacial score (nSPS) is 15.8. The van der Waals surface area contributed by atoms with Crippen molar-refractivity contribution in [2.75, 3.05) is 13.2 Å². The van der Waals surface area contributed by atoms with E-state index in [1.807, 2.05) is 0 Å². The quantitative estimate of drug-likeness (QED) is 0.830. The Morgan fingerprint density at radius 3 is 2.71 bits per heavy atom. The summed E-state index contributed by atoms with van der Waals surface area (Å²) >= 11 is 0. The molecule has 1 aliphatic rings. The summed E-state index contributed by atoms with van der Waals surface area (Å²) in [4.78, 5) is 19.2. The van der Waals surface area contributed by atoms with Gasteiger partial charge in [-0.2, -0.15) is 18.2 Å². The van der Waals surface area contributed by atoms with Gasteiger partial charge in [0.05, 0.1) is 12.2 Å². The molecule has 1 aliphatic carbocycles. The second-order valence-corrected chi connectivity index (χ2v) is 5.80. The van der Waals surface area contributed by atoms with E-state index in [1.165, 1.54) is 31.5 Å². The minimum atomic E-state index is -4.45. The largest absolute Gasteiger partial charge is 0.454 e. The lowest BCUT2D eigenvalue weighted by atomic mass is 9.89. The van der Waals surface area contributed by atoms with Crippen LogP contribution in [0.15, 0.2) is 12.3 Å². The number of nitrogens with zero attached hydrogens (tertiary/aromatic N) is 2. The minimum Gasteiger partial charge on any atom is -0.454 e. The van der Waals surface area contributed by atoms with Crippen LogP contribution in [0, 0.1) is 5.92 Å². The molecule has 0 aliphatic heterocycles. The monoisotopic (exact) mass is 346 g/mol. The molecule has 0 unspecified atom stereocenters. The Kier molecular flexibility index (Phi) is 6.62. The highest BCUT2D eigenvalue weighted by Crippen LogP contribution is 2.22. The van der Waals surface area contributed by atoms with Crippen LogP contribution in [0.4, 0.5) is 18.0 Å². The van der Waals surface area contributed by atoms with E-state index in [0.29, 0.717) is 18.2 Å². The first-order chi connectivity index (χ1) is 11.4. The number of rotatable bonds is 6. The summed E-state index contributed by atoms with van der Waals surface area (Å²) in [6.45, 7) is -0.733. The number of hydrogen-bond donors (Lipinski definition) is 2. The van der Waals surface area contributed by atoms with Crippen LogP contribution in [-0.4, -0.2) is 35.3 Å². The van der Waals surface area contributed by atoms with Crippen LogP contribution in [0.2, 0.25) is 0 Å². The van der Waals surface area contributed by atoms with Crippen molar-refractivity contribution in [3.8, 4) is 6.01 Å². The fourth-order valence-electron chi connectivity index (χ4n) is 2.55. The van der Waals surface area contributed by atoms with Crippen LogP contribution < -0.4 is 15.4 Å². The van der Waals surface area contributed by atoms with Crippen molar-refractivity contribution in [3.05, 3.63) is 18.0 Å². The van der Waals surface area contributed by atoms with E-state index < -0.39 is 12.8 Å². The van der Waals surface area contributed by atoms with Gasteiger partial charge in [-0.15, -0.1) is 0 Å². The van der Waals surface area contributed by atoms with Gasteiger partial charge in [-0.3, -0.25) is 0 Å². The predicted molar refractivity (Wildman–Crippen MR) is 80.4 cm³/mol. The van der Waals surface area contributed by atoms with Gasteiger partial charge in [-0.25, -0.2) is 9.78 Å². The summed E-state index contributed by atoms with van der Waals surface area (Å²) in [7, 11) is 0. The number of urea groups is 1. The number of ether oxygens (including phenoxy) is 1. The molecule has 0 aromatic carbocycles. The van der Waals surface area contributed by atoms with Crippen LogP contribution >= 0.6 is 0 Å². The van der Waals surface area contributed by atoms with E-state index in [0.717, 1.165) is 12.8 Å². The lowest BCUT2D eigenvalue weighted by molar-refractivity contribution is -0.154. The van der Waals surface area contributed by atoms with Crippen molar-refractivity contribution in [2.24, 2.45) is 5.92 Å². The van der Waals surface area contributed by atoms with Gasteiger partial charge in [0.15, 0.2) is 6.61 Å². The second-order valence-electron chi connectivity index (χ2n) is 5.80. The molecule has 0 saturated heterocycles. The van der Waals surface area contributed by atoms with Gasteiger partial charge in [0.1, 0.15) is 0 Å². The zero-order chi connectivity index (χ0) is 17.4. The number of carbonyl (C=O) groups excluding carboxylic acids is 1. The van der Waals surface area contributed by atoms with Crippen LogP contribution in [-0.2, 0) is 6.54 Å². The Morgan fingerprint density at radius 1 is 1.25 bits per heavy atom. The van der Waals surface area contributed by atoms with E-state index >= 15 is 0 Å². The van der Waals surface area contributed by atoms with Gasteiger partial charge in [0.2, 0.25) is 0 Å². The van der Waals surface area contributed by atoms with Crippen LogP contribution in [0.3, 0.4) is 0 Å². The number of alkyl halides is 3. The average molecular weight is 346 g/mol. The number of nitrogens with one attached hydrogen (secondary N) is 2. The maximum atomic E-state index is 12.1. The molecule has 6 nitrogen and oxygen atoms in total. The maximum Gasteiger partial charge on any atom is 0.422 e. The Balaban J connectivity index is 1.71. The highest BCUT2D eigenvalue weighted by atomic mass is 19.4. The third-order valence-corrected chi connectivity index (χ3v) is 3.76. The average Bonchev–Trinajstić information content (AvgIpc) is 2.57. The van der Waals surface area contributed by atoms with E-state index in [2.05, 4.69) is 25.3 Å². The second kappa shape index (κ2) is 8.70. The molecule has 1 aromatic rings. The summed E-state index contributed by atoms with van der Waals surface area (Å²) < 4.78 is 40.7. The molecule has 0 spiro atoms. The molecule has 1 heterocycles. The Morgan fingerprint density at radius 2 is 2.00 bits per heavy atom.